The van der Waals surface area contributed by atoms with E-state index in [1.165, 1.54) is 12.8 Å². The van der Waals surface area contributed by atoms with Crippen molar-refractivity contribution in [3.8, 4) is 0 Å². The van der Waals surface area contributed by atoms with Crippen molar-refractivity contribution in [2.24, 2.45) is 0 Å². The molecule has 3 nitrogen and oxygen atoms in total. The summed E-state index contributed by atoms with van der Waals surface area (Å²) >= 11 is 0. The predicted octanol–water partition coefficient (Wildman–Crippen LogP) is 5.45. The Kier molecular flexibility index (Phi) is 15.0. The van der Waals surface area contributed by atoms with Crippen molar-refractivity contribution < 1.29 is 14.7 Å². The molecule has 0 rings (SSSR count). The molecular formula is C19H32O3. The predicted molar refractivity (Wildman–Crippen MR) is 92.0 cm³/mol. The van der Waals surface area contributed by atoms with Gasteiger partial charge in [-0.05, 0) is 31.8 Å². The van der Waals surface area contributed by atoms with Crippen molar-refractivity contribution in [3.05, 3.63) is 24.3 Å². The van der Waals surface area contributed by atoms with Crippen molar-refractivity contribution in [3.63, 3.8) is 0 Å². The van der Waals surface area contributed by atoms with Crippen LogP contribution in [0.3, 0.4) is 0 Å². The standard InChI is InChI=1S/C19H32O3/c1-2-3-4-12-15-18(20)16-13-10-8-6-5-7-9-11-14-17-19(21)22/h8,10,13,16H,2-7,9,11-12,14-15,17H2,1H3,(H,21,22). The number of carboxylic acids is 1. The van der Waals surface area contributed by atoms with Crippen molar-refractivity contribution in [2.75, 3.05) is 0 Å². The molecule has 0 amide bonds. The van der Waals surface area contributed by atoms with E-state index in [9.17, 15) is 9.59 Å². The van der Waals surface area contributed by atoms with Gasteiger partial charge in [0.25, 0.3) is 0 Å². The first-order chi connectivity index (χ1) is 10.7. The van der Waals surface area contributed by atoms with Gasteiger partial charge in [-0.3, -0.25) is 9.59 Å². The Morgan fingerprint density at radius 2 is 1.45 bits per heavy atom. The molecule has 0 saturated heterocycles. The molecule has 0 bridgehead atoms. The molecule has 0 aliphatic carbocycles. The summed E-state index contributed by atoms with van der Waals surface area (Å²) in [4.78, 5) is 21.9. The lowest BCUT2D eigenvalue weighted by Gasteiger charge is -1.97. The van der Waals surface area contributed by atoms with Crippen LogP contribution in [-0.4, -0.2) is 16.9 Å². The minimum absolute atomic E-state index is 0.221. The quantitative estimate of drug-likeness (QED) is 0.248. The topological polar surface area (TPSA) is 54.4 Å². The van der Waals surface area contributed by atoms with Gasteiger partial charge in [0.1, 0.15) is 0 Å². The van der Waals surface area contributed by atoms with Crippen LogP contribution in [0.2, 0.25) is 0 Å². The van der Waals surface area contributed by atoms with Crippen LogP contribution in [0.1, 0.15) is 84.0 Å². The molecule has 0 atom stereocenters. The van der Waals surface area contributed by atoms with E-state index in [1.807, 2.05) is 12.2 Å². The molecule has 0 aromatic rings. The molecular weight excluding hydrogens is 276 g/mol. The molecule has 1 N–H and O–H groups in total. The highest BCUT2D eigenvalue weighted by molar-refractivity contribution is 5.89. The van der Waals surface area contributed by atoms with Crippen molar-refractivity contribution in [1.29, 1.82) is 0 Å². The summed E-state index contributed by atoms with van der Waals surface area (Å²) in [6, 6.07) is 0. The van der Waals surface area contributed by atoms with Crippen molar-refractivity contribution >= 4 is 11.8 Å². The second-order valence-electron chi connectivity index (χ2n) is 5.76. The Balaban J connectivity index is 3.40. The molecule has 0 aromatic heterocycles. The lowest BCUT2D eigenvalue weighted by atomic mass is 10.1. The van der Waals surface area contributed by atoms with Gasteiger partial charge < -0.3 is 5.11 Å². The fourth-order valence-electron chi connectivity index (χ4n) is 2.22. The van der Waals surface area contributed by atoms with Gasteiger partial charge in [0, 0.05) is 12.8 Å². The summed E-state index contributed by atoms with van der Waals surface area (Å²) < 4.78 is 0. The van der Waals surface area contributed by atoms with Crippen LogP contribution in [0, 0.1) is 0 Å². The maximum Gasteiger partial charge on any atom is 0.303 e. The monoisotopic (exact) mass is 308 g/mol. The number of hydrogen-bond acceptors (Lipinski definition) is 2. The summed E-state index contributed by atoms with van der Waals surface area (Å²) in [5.74, 6) is -0.478. The first kappa shape index (κ1) is 20.6. The average molecular weight is 308 g/mol. The van der Waals surface area contributed by atoms with Gasteiger partial charge in [-0.25, -0.2) is 0 Å². The second kappa shape index (κ2) is 16.0. The molecule has 0 aromatic carbocycles. The van der Waals surface area contributed by atoms with Crippen LogP contribution < -0.4 is 0 Å². The van der Waals surface area contributed by atoms with E-state index in [0.29, 0.717) is 6.42 Å². The van der Waals surface area contributed by atoms with Crippen LogP contribution in [0.25, 0.3) is 0 Å². The molecule has 126 valence electrons. The smallest absolute Gasteiger partial charge is 0.303 e. The molecule has 0 fully saturated rings. The third kappa shape index (κ3) is 16.7. The van der Waals surface area contributed by atoms with Gasteiger partial charge in [0.2, 0.25) is 0 Å². The van der Waals surface area contributed by atoms with Gasteiger partial charge in [-0.15, -0.1) is 0 Å². The number of carbonyl (C=O) groups is 2. The molecule has 0 aliphatic heterocycles. The zero-order valence-corrected chi connectivity index (χ0v) is 14.1. The Morgan fingerprint density at radius 1 is 0.818 bits per heavy atom. The van der Waals surface area contributed by atoms with E-state index >= 15 is 0 Å². The second-order valence-corrected chi connectivity index (χ2v) is 5.76. The lowest BCUT2D eigenvalue weighted by molar-refractivity contribution is -0.137. The highest BCUT2D eigenvalue weighted by Gasteiger charge is 1.96. The fraction of sp³-hybridized carbons (Fsp3) is 0.684. The number of hydrogen-bond donors (Lipinski definition) is 1. The molecule has 22 heavy (non-hydrogen) atoms. The first-order valence-electron chi connectivity index (χ1n) is 8.74. The zero-order valence-electron chi connectivity index (χ0n) is 14.1. The number of carbonyl (C=O) groups excluding carboxylic acids is 1. The minimum Gasteiger partial charge on any atom is -0.481 e. The Bertz CT molecular complexity index is 343. The van der Waals surface area contributed by atoms with Crippen LogP contribution in [0.5, 0.6) is 0 Å². The number of allylic oxidation sites excluding steroid dienone is 4. The van der Waals surface area contributed by atoms with Gasteiger partial charge in [0.15, 0.2) is 5.78 Å². The van der Waals surface area contributed by atoms with E-state index < -0.39 is 5.97 Å². The average Bonchev–Trinajstić information content (AvgIpc) is 2.49. The third-order valence-corrected chi connectivity index (χ3v) is 3.57. The van der Waals surface area contributed by atoms with E-state index in [4.69, 9.17) is 5.11 Å². The summed E-state index contributed by atoms with van der Waals surface area (Å²) in [6.45, 7) is 2.17. The van der Waals surface area contributed by atoms with Crippen LogP contribution in [0.4, 0.5) is 0 Å². The number of rotatable bonds is 15. The SMILES string of the molecule is CCCCCCC(=O)C=CC=CCCCCCCCC(=O)O. The molecule has 0 spiro atoms. The van der Waals surface area contributed by atoms with Gasteiger partial charge in [-0.1, -0.05) is 63.7 Å². The van der Waals surface area contributed by atoms with Gasteiger partial charge in [-0.2, -0.15) is 0 Å². The number of unbranched alkanes of at least 4 members (excludes halogenated alkanes) is 8. The summed E-state index contributed by atoms with van der Waals surface area (Å²) in [7, 11) is 0. The molecule has 0 heterocycles. The van der Waals surface area contributed by atoms with Crippen LogP contribution in [-0.2, 0) is 9.59 Å². The zero-order chi connectivity index (χ0) is 16.5. The van der Waals surface area contributed by atoms with E-state index in [1.54, 1.807) is 6.08 Å². The molecule has 0 saturated carbocycles. The maximum absolute atomic E-state index is 11.5. The minimum atomic E-state index is -0.699. The number of ketones is 1. The third-order valence-electron chi connectivity index (χ3n) is 3.57. The number of carboxylic acid groups (broad SMARTS) is 1. The highest BCUT2D eigenvalue weighted by Crippen LogP contribution is 2.07. The summed E-state index contributed by atoms with van der Waals surface area (Å²) in [5, 5.41) is 8.51. The molecule has 0 radical (unpaired) electrons. The Morgan fingerprint density at radius 3 is 2.18 bits per heavy atom. The Hall–Kier alpha value is -1.38. The van der Waals surface area contributed by atoms with Crippen LogP contribution >= 0.6 is 0 Å². The summed E-state index contributed by atoms with van der Waals surface area (Å²) in [5.41, 5.74) is 0. The highest BCUT2D eigenvalue weighted by atomic mass is 16.4. The molecule has 3 heteroatoms. The number of aliphatic carboxylic acids is 1. The largest absolute Gasteiger partial charge is 0.481 e. The van der Waals surface area contributed by atoms with Gasteiger partial charge >= 0.3 is 5.97 Å². The lowest BCUT2D eigenvalue weighted by Crippen LogP contribution is -1.93. The molecule has 0 aliphatic rings. The maximum atomic E-state index is 11.5. The van der Waals surface area contributed by atoms with Crippen LogP contribution in [0.15, 0.2) is 24.3 Å². The van der Waals surface area contributed by atoms with E-state index in [2.05, 4.69) is 13.0 Å². The first-order valence-corrected chi connectivity index (χ1v) is 8.74. The van der Waals surface area contributed by atoms with E-state index in [-0.39, 0.29) is 12.2 Å². The summed E-state index contributed by atoms with van der Waals surface area (Å²) in [6.07, 6.45) is 19.3. The van der Waals surface area contributed by atoms with Gasteiger partial charge in [0.05, 0.1) is 0 Å². The van der Waals surface area contributed by atoms with E-state index in [0.717, 1.165) is 51.4 Å². The van der Waals surface area contributed by atoms with Crippen molar-refractivity contribution in [1.82, 2.24) is 0 Å². The molecule has 0 unspecified atom stereocenters. The van der Waals surface area contributed by atoms with Crippen molar-refractivity contribution in [2.45, 2.75) is 84.0 Å². The normalized spacial score (nSPS) is 11.5. The fourth-order valence-corrected chi connectivity index (χ4v) is 2.22. The Labute approximate surface area is 135 Å².